The quantitative estimate of drug-likeness (QED) is 0.748. The Labute approximate surface area is 181 Å². The summed E-state index contributed by atoms with van der Waals surface area (Å²) in [6.07, 6.45) is 2.41. The number of carbonyl (C=O) groups is 1. The minimum absolute atomic E-state index is 0.132. The number of carbonyl (C=O) groups excluding carboxylic acids is 1. The molecule has 1 aliphatic rings. The first-order valence-corrected chi connectivity index (χ1v) is 11.1. The Morgan fingerprint density at radius 3 is 2.47 bits per heavy atom. The number of hydrogen-bond acceptors (Lipinski definition) is 4. The molecule has 164 valence electrons. The van der Waals surface area contributed by atoms with Crippen LogP contribution in [0.15, 0.2) is 34.9 Å². The van der Waals surface area contributed by atoms with E-state index in [1.807, 2.05) is 26.8 Å². The van der Waals surface area contributed by atoms with Crippen molar-refractivity contribution in [3.63, 3.8) is 0 Å². The molecule has 3 rings (SSSR count). The van der Waals surface area contributed by atoms with Gasteiger partial charge in [0, 0.05) is 23.6 Å². The van der Waals surface area contributed by atoms with Crippen LogP contribution in [0.5, 0.6) is 0 Å². The van der Waals surface area contributed by atoms with Gasteiger partial charge in [-0.2, -0.15) is 0 Å². The molecule has 1 aromatic heterocycles. The first-order valence-electron chi connectivity index (χ1n) is 11.1. The van der Waals surface area contributed by atoms with Crippen LogP contribution in [0, 0.1) is 11.8 Å². The third-order valence-electron chi connectivity index (χ3n) is 5.79. The van der Waals surface area contributed by atoms with Crippen molar-refractivity contribution < 1.29 is 9.32 Å². The number of aromatic nitrogens is 1. The summed E-state index contributed by atoms with van der Waals surface area (Å²) < 4.78 is 5.65. The van der Waals surface area contributed by atoms with Gasteiger partial charge in [-0.1, -0.05) is 50.2 Å². The van der Waals surface area contributed by atoms with E-state index in [0.717, 1.165) is 42.9 Å². The van der Waals surface area contributed by atoms with Gasteiger partial charge >= 0.3 is 0 Å². The molecule has 2 unspecified atom stereocenters. The van der Waals surface area contributed by atoms with E-state index in [1.54, 1.807) is 0 Å². The van der Waals surface area contributed by atoms with E-state index in [1.165, 1.54) is 5.56 Å². The van der Waals surface area contributed by atoms with E-state index in [-0.39, 0.29) is 16.9 Å². The predicted octanol–water partition coefficient (Wildman–Crippen LogP) is 4.71. The molecule has 2 heterocycles. The summed E-state index contributed by atoms with van der Waals surface area (Å²) in [5, 5.41) is 10.9. The van der Waals surface area contributed by atoms with Crippen LogP contribution in [-0.2, 0) is 16.6 Å². The lowest BCUT2D eigenvalue weighted by atomic mass is 9.81. The van der Waals surface area contributed by atoms with E-state index in [0.29, 0.717) is 18.3 Å². The van der Waals surface area contributed by atoms with Gasteiger partial charge in [0.05, 0.1) is 5.69 Å². The standard InChI is InChI=1S/C25H37N3O2/c1-24(2,3)20-9-7-17(8-10-20)22-15-21(28-30-22)13-19-16-26-12-11-18(19)14-23(29)27-25(4,5)6/h7-10,15,18-19,26H,11-14,16H2,1-6H3,(H,27,29). The van der Waals surface area contributed by atoms with Crippen LogP contribution in [-0.4, -0.2) is 29.7 Å². The molecule has 0 spiro atoms. The zero-order chi connectivity index (χ0) is 21.9. The van der Waals surface area contributed by atoms with Gasteiger partial charge in [0.2, 0.25) is 5.91 Å². The molecule has 0 radical (unpaired) electrons. The van der Waals surface area contributed by atoms with E-state index in [4.69, 9.17) is 4.52 Å². The Hall–Kier alpha value is -2.14. The van der Waals surface area contributed by atoms with Gasteiger partial charge < -0.3 is 15.2 Å². The first kappa shape index (κ1) is 22.5. The Kier molecular flexibility index (Phi) is 6.71. The van der Waals surface area contributed by atoms with Crippen LogP contribution < -0.4 is 10.6 Å². The molecule has 2 aromatic rings. The number of nitrogens with zero attached hydrogens (tertiary/aromatic N) is 1. The van der Waals surface area contributed by atoms with Crippen molar-refractivity contribution in [1.82, 2.24) is 15.8 Å². The molecule has 2 atom stereocenters. The zero-order valence-corrected chi connectivity index (χ0v) is 19.3. The van der Waals surface area contributed by atoms with Crippen LogP contribution in [0.2, 0.25) is 0 Å². The Bertz CT molecular complexity index is 841. The summed E-state index contributed by atoms with van der Waals surface area (Å²) in [6, 6.07) is 10.6. The number of piperidine rings is 1. The molecule has 5 heteroatoms. The van der Waals surface area contributed by atoms with Crippen LogP contribution >= 0.6 is 0 Å². The number of benzene rings is 1. The summed E-state index contributed by atoms with van der Waals surface area (Å²) in [5.74, 6) is 1.68. The van der Waals surface area contributed by atoms with Gasteiger partial charge in [-0.15, -0.1) is 0 Å². The van der Waals surface area contributed by atoms with Gasteiger partial charge in [0.1, 0.15) is 0 Å². The fourth-order valence-corrected chi connectivity index (χ4v) is 4.14. The van der Waals surface area contributed by atoms with Gasteiger partial charge in [0.25, 0.3) is 0 Å². The molecule has 0 saturated carbocycles. The molecular weight excluding hydrogens is 374 g/mol. The largest absolute Gasteiger partial charge is 0.356 e. The lowest BCUT2D eigenvalue weighted by molar-refractivity contribution is -0.124. The zero-order valence-electron chi connectivity index (χ0n) is 19.3. The predicted molar refractivity (Wildman–Crippen MR) is 121 cm³/mol. The summed E-state index contributed by atoms with van der Waals surface area (Å²) in [6.45, 7) is 14.6. The highest BCUT2D eigenvalue weighted by atomic mass is 16.5. The molecule has 1 saturated heterocycles. The van der Waals surface area contributed by atoms with E-state index >= 15 is 0 Å². The highest BCUT2D eigenvalue weighted by Gasteiger charge is 2.29. The Balaban J connectivity index is 1.65. The van der Waals surface area contributed by atoms with Gasteiger partial charge in [-0.25, -0.2) is 0 Å². The SMILES string of the molecule is CC(C)(C)NC(=O)CC1CCNCC1Cc1cc(-c2ccc(C(C)(C)C)cc2)on1. The highest BCUT2D eigenvalue weighted by Crippen LogP contribution is 2.29. The Morgan fingerprint density at radius 2 is 1.83 bits per heavy atom. The maximum absolute atomic E-state index is 12.4. The van der Waals surface area contributed by atoms with Gasteiger partial charge in [-0.05, 0) is 69.5 Å². The number of rotatable bonds is 5. The van der Waals surface area contributed by atoms with Crippen molar-refractivity contribution in [2.45, 2.75) is 71.8 Å². The molecule has 1 aromatic carbocycles. The second-order valence-corrected chi connectivity index (χ2v) is 10.7. The van der Waals surface area contributed by atoms with E-state index in [9.17, 15) is 4.79 Å². The normalized spacial score (nSPS) is 20.2. The van der Waals surface area contributed by atoms with Crippen molar-refractivity contribution in [2.75, 3.05) is 13.1 Å². The number of hydrogen-bond donors (Lipinski definition) is 2. The average Bonchev–Trinajstić information content (AvgIpc) is 3.10. The number of amides is 1. The molecule has 1 amide bonds. The fraction of sp³-hybridized carbons (Fsp3) is 0.600. The van der Waals surface area contributed by atoms with Crippen molar-refractivity contribution in [1.29, 1.82) is 0 Å². The lowest BCUT2D eigenvalue weighted by Gasteiger charge is -2.32. The highest BCUT2D eigenvalue weighted by molar-refractivity contribution is 5.77. The van der Waals surface area contributed by atoms with Crippen molar-refractivity contribution in [3.8, 4) is 11.3 Å². The second kappa shape index (κ2) is 8.93. The van der Waals surface area contributed by atoms with Crippen molar-refractivity contribution in [3.05, 3.63) is 41.6 Å². The molecular formula is C25H37N3O2. The lowest BCUT2D eigenvalue weighted by Crippen LogP contribution is -2.44. The fourth-order valence-electron chi connectivity index (χ4n) is 4.14. The number of nitrogens with one attached hydrogen (secondary N) is 2. The molecule has 30 heavy (non-hydrogen) atoms. The second-order valence-electron chi connectivity index (χ2n) is 10.7. The van der Waals surface area contributed by atoms with Crippen molar-refractivity contribution in [2.24, 2.45) is 11.8 Å². The van der Waals surface area contributed by atoms with Gasteiger partial charge in [-0.3, -0.25) is 4.79 Å². The van der Waals surface area contributed by atoms with Crippen LogP contribution in [0.4, 0.5) is 0 Å². The van der Waals surface area contributed by atoms with Crippen LogP contribution in [0.3, 0.4) is 0 Å². The molecule has 5 nitrogen and oxygen atoms in total. The van der Waals surface area contributed by atoms with Crippen LogP contribution in [0.1, 0.15) is 65.6 Å². The summed E-state index contributed by atoms with van der Waals surface area (Å²) >= 11 is 0. The molecule has 0 bridgehead atoms. The van der Waals surface area contributed by atoms with E-state index < -0.39 is 0 Å². The maximum atomic E-state index is 12.4. The maximum Gasteiger partial charge on any atom is 0.220 e. The van der Waals surface area contributed by atoms with Crippen molar-refractivity contribution >= 4 is 5.91 Å². The van der Waals surface area contributed by atoms with Crippen LogP contribution in [0.25, 0.3) is 11.3 Å². The van der Waals surface area contributed by atoms with E-state index in [2.05, 4.69) is 60.8 Å². The minimum atomic E-state index is -0.191. The molecule has 2 N–H and O–H groups in total. The molecule has 1 aliphatic heterocycles. The third-order valence-corrected chi connectivity index (χ3v) is 5.79. The molecule has 1 fully saturated rings. The summed E-state index contributed by atoms with van der Waals surface area (Å²) in [4.78, 5) is 12.4. The monoisotopic (exact) mass is 411 g/mol. The third kappa shape index (κ3) is 6.18. The minimum Gasteiger partial charge on any atom is -0.356 e. The summed E-state index contributed by atoms with van der Waals surface area (Å²) in [7, 11) is 0. The Morgan fingerprint density at radius 1 is 1.13 bits per heavy atom. The topological polar surface area (TPSA) is 67.2 Å². The summed E-state index contributed by atoms with van der Waals surface area (Å²) in [5.41, 5.74) is 3.25. The first-order chi connectivity index (χ1) is 14.0. The molecule has 0 aliphatic carbocycles. The van der Waals surface area contributed by atoms with Gasteiger partial charge in [0.15, 0.2) is 5.76 Å². The average molecular weight is 412 g/mol. The smallest absolute Gasteiger partial charge is 0.220 e.